The minimum Gasteiger partial charge on any atom is -0.375 e. The molecule has 0 saturated heterocycles. The summed E-state index contributed by atoms with van der Waals surface area (Å²) < 4.78 is 10.8. The van der Waals surface area contributed by atoms with Crippen molar-refractivity contribution in [3.63, 3.8) is 0 Å². The second-order valence-corrected chi connectivity index (χ2v) is 5.29. The van der Waals surface area contributed by atoms with Crippen molar-refractivity contribution in [3.05, 3.63) is 0 Å². The van der Waals surface area contributed by atoms with Crippen LogP contribution in [0.15, 0.2) is 0 Å². The Kier molecular flexibility index (Phi) is 7.13. The van der Waals surface area contributed by atoms with Crippen molar-refractivity contribution in [2.24, 2.45) is 0 Å². The monoisotopic (exact) mass is 263 g/mol. The van der Waals surface area contributed by atoms with Crippen LogP contribution in [0.3, 0.4) is 0 Å². The molecule has 0 aliphatic heterocycles. The Morgan fingerprint density at radius 3 is 2.35 bits per heavy atom. The number of nitrogens with one attached hydrogen (secondary N) is 1. The van der Waals surface area contributed by atoms with Gasteiger partial charge in [-0.3, -0.25) is 4.79 Å². The molecule has 102 valence electrons. The highest BCUT2D eigenvalue weighted by Gasteiger charge is 2.27. The smallest absolute Gasteiger partial charge is 0.222 e. The van der Waals surface area contributed by atoms with Crippen molar-refractivity contribution in [3.8, 4) is 0 Å². The van der Waals surface area contributed by atoms with E-state index < -0.39 is 5.60 Å². The standard InChI is InChI=1S/C12H25NO3S/c1-6-12(4,9-10(14)13-5)15-8-7-11(2,3)16-17/h17H,6-9H2,1-5H3,(H,13,14). The van der Waals surface area contributed by atoms with Crippen molar-refractivity contribution < 1.29 is 13.7 Å². The van der Waals surface area contributed by atoms with Crippen LogP contribution in [-0.4, -0.2) is 30.8 Å². The molecule has 0 radical (unpaired) electrons. The lowest BCUT2D eigenvalue weighted by molar-refractivity contribution is -0.129. The average molecular weight is 263 g/mol. The molecule has 4 nitrogen and oxygen atoms in total. The summed E-state index contributed by atoms with van der Waals surface area (Å²) >= 11 is 3.82. The zero-order chi connectivity index (χ0) is 13.5. The fourth-order valence-electron chi connectivity index (χ4n) is 1.29. The maximum Gasteiger partial charge on any atom is 0.222 e. The van der Waals surface area contributed by atoms with Gasteiger partial charge in [-0.2, -0.15) is 0 Å². The minimum absolute atomic E-state index is 0.000875. The Labute approximate surface area is 110 Å². The molecule has 0 aliphatic rings. The Morgan fingerprint density at radius 1 is 1.35 bits per heavy atom. The maximum atomic E-state index is 11.4. The molecule has 0 rings (SSSR count). The van der Waals surface area contributed by atoms with E-state index in [4.69, 9.17) is 8.92 Å². The van der Waals surface area contributed by atoms with Gasteiger partial charge in [-0.15, -0.1) is 0 Å². The van der Waals surface area contributed by atoms with Crippen LogP contribution < -0.4 is 5.32 Å². The average Bonchev–Trinajstić information content (AvgIpc) is 2.28. The van der Waals surface area contributed by atoms with Gasteiger partial charge in [0.15, 0.2) is 0 Å². The van der Waals surface area contributed by atoms with Crippen LogP contribution in [0, 0.1) is 0 Å². The molecule has 5 heteroatoms. The number of hydrogen-bond donors (Lipinski definition) is 2. The zero-order valence-electron chi connectivity index (χ0n) is 11.5. The summed E-state index contributed by atoms with van der Waals surface area (Å²) in [6.45, 7) is 8.42. The number of rotatable bonds is 8. The largest absolute Gasteiger partial charge is 0.375 e. The normalized spacial score (nSPS) is 15.4. The molecule has 1 amide bonds. The van der Waals surface area contributed by atoms with Crippen molar-refractivity contribution in [2.75, 3.05) is 13.7 Å². The summed E-state index contributed by atoms with van der Waals surface area (Å²) in [5, 5.41) is 2.62. The molecule has 0 spiro atoms. The van der Waals surface area contributed by atoms with E-state index in [0.29, 0.717) is 13.0 Å². The van der Waals surface area contributed by atoms with Gasteiger partial charge in [0.1, 0.15) is 0 Å². The van der Waals surface area contributed by atoms with E-state index in [9.17, 15) is 4.79 Å². The minimum atomic E-state index is -0.410. The van der Waals surface area contributed by atoms with Crippen molar-refractivity contribution >= 4 is 18.8 Å². The summed E-state index contributed by atoms with van der Waals surface area (Å²) in [6, 6.07) is 0. The molecular weight excluding hydrogens is 238 g/mol. The fraction of sp³-hybridized carbons (Fsp3) is 0.917. The van der Waals surface area contributed by atoms with Gasteiger partial charge in [0.25, 0.3) is 0 Å². The number of carbonyl (C=O) groups excluding carboxylic acids is 1. The van der Waals surface area contributed by atoms with Crippen LogP contribution in [-0.2, 0) is 13.7 Å². The molecule has 0 aromatic heterocycles. The van der Waals surface area contributed by atoms with E-state index in [1.165, 1.54) is 0 Å². The topological polar surface area (TPSA) is 47.6 Å². The lowest BCUT2D eigenvalue weighted by atomic mass is 9.98. The van der Waals surface area contributed by atoms with Gasteiger partial charge in [-0.1, -0.05) is 6.92 Å². The van der Waals surface area contributed by atoms with Crippen LogP contribution >= 0.6 is 12.9 Å². The molecule has 0 aromatic carbocycles. The zero-order valence-corrected chi connectivity index (χ0v) is 12.4. The first kappa shape index (κ1) is 16.7. The van der Waals surface area contributed by atoms with E-state index in [2.05, 4.69) is 18.2 Å². The third kappa shape index (κ3) is 6.91. The first-order chi connectivity index (χ1) is 7.78. The van der Waals surface area contributed by atoms with Gasteiger partial charge >= 0.3 is 0 Å². The predicted octanol–water partition coefficient (Wildman–Crippen LogP) is 2.34. The number of hydrogen-bond acceptors (Lipinski definition) is 4. The van der Waals surface area contributed by atoms with Crippen LogP contribution in [0.2, 0.25) is 0 Å². The van der Waals surface area contributed by atoms with Crippen LogP contribution in [0.4, 0.5) is 0 Å². The molecular formula is C12H25NO3S. The summed E-state index contributed by atoms with van der Waals surface area (Å²) in [6.07, 6.45) is 1.91. The second kappa shape index (κ2) is 7.24. The Morgan fingerprint density at radius 2 is 1.94 bits per heavy atom. The number of thiol groups is 1. The number of amides is 1. The van der Waals surface area contributed by atoms with Gasteiger partial charge in [0.2, 0.25) is 5.91 Å². The molecule has 17 heavy (non-hydrogen) atoms. The fourth-order valence-corrected chi connectivity index (χ4v) is 1.39. The van der Waals surface area contributed by atoms with Crippen LogP contribution in [0.25, 0.3) is 0 Å². The maximum absolute atomic E-state index is 11.4. The lowest BCUT2D eigenvalue weighted by Gasteiger charge is -2.30. The Bertz CT molecular complexity index is 246. The number of carbonyl (C=O) groups is 1. The van der Waals surface area contributed by atoms with Gasteiger partial charge in [-0.05, 0) is 40.1 Å². The van der Waals surface area contributed by atoms with Crippen molar-refractivity contribution in [1.29, 1.82) is 0 Å². The van der Waals surface area contributed by atoms with Gasteiger partial charge < -0.3 is 14.2 Å². The van der Waals surface area contributed by atoms with E-state index >= 15 is 0 Å². The van der Waals surface area contributed by atoms with Crippen LogP contribution in [0.5, 0.6) is 0 Å². The van der Waals surface area contributed by atoms with Gasteiger partial charge in [0, 0.05) is 13.5 Å². The van der Waals surface area contributed by atoms with Gasteiger partial charge in [-0.25, -0.2) is 0 Å². The molecule has 0 fully saturated rings. The summed E-state index contributed by atoms with van der Waals surface area (Å²) in [5.41, 5.74) is -0.725. The molecule has 0 aliphatic carbocycles. The highest BCUT2D eigenvalue weighted by molar-refractivity contribution is 7.75. The van der Waals surface area contributed by atoms with E-state index in [1.807, 2.05) is 27.7 Å². The van der Waals surface area contributed by atoms with Crippen molar-refractivity contribution in [2.45, 2.75) is 58.2 Å². The third-order valence-corrected chi connectivity index (χ3v) is 3.46. The van der Waals surface area contributed by atoms with Crippen molar-refractivity contribution in [1.82, 2.24) is 5.32 Å². The SMILES string of the molecule is CCC(C)(CC(=O)NC)OCCC(C)(C)OS. The first-order valence-electron chi connectivity index (χ1n) is 5.95. The molecule has 1 N–H and O–H groups in total. The molecule has 1 unspecified atom stereocenters. The van der Waals surface area contributed by atoms with Crippen LogP contribution in [0.1, 0.15) is 47.0 Å². The predicted molar refractivity (Wildman–Crippen MR) is 72.1 cm³/mol. The summed E-state index contributed by atoms with van der Waals surface area (Å²) in [5.74, 6) is -0.000875. The quantitative estimate of drug-likeness (QED) is 0.522. The summed E-state index contributed by atoms with van der Waals surface area (Å²) in [7, 11) is 1.64. The lowest BCUT2D eigenvalue weighted by Crippen LogP contribution is -2.36. The van der Waals surface area contributed by atoms with Gasteiger partial charge in [0.05, 0.1) is 24.2 Å². The second-order valence-electron chi connectivity index (χ2n) is 5.10. The molecule has 0 saturated carbocycles. The summed E-state index contributed by atoms with van der Waals surface area (Å²) in [4.78, 5) is 11.4. The molecule has 1 atom stereocenters. The van der Waals surface area contributed by atoms with E-state index in [-0.39, 0.29) is 11.5 Å². The molecule has 0 aromatic rings. The Hall–Kier alpha value is -0.260. The Balaban J connectivity index is 4.17. The number of ether oxygens (including phenoxy) is 1. The third-order valence-electron chi connectivity index (χ3n) is 2.96. The highest BCUT2D eigenvalue weighted by Crippen LogP contribution is 2.23. The first-order valence-corrected chi connectivity index (χ1v) is 6.32. The molecule has 0 heterocycles. The van der Waals surface area contributed by atoms with E-state index in [1.54, 1.807) is 7.05 Å². The highest BCUT2D eigenvalue weighted by atomic mass is 32.1. The molecule has 0 bridgehead atoms. The van der Waals surface area contributed by atoms with E-state index in [0.717, 1.165) is 12.8 Å².